The lowest BCUT2D eigenvalue weighted by molar-refractivity contribution is -0.140. The Morgan fingerprint density at radius 3 is 2.57 bits per heavy atom. The summed E-state index contributed by atoms with van der Waals surface area (Å²) in [6, 6.07) is 11.3. The predicted molar refractivity (Wildman–Crippen MR) is 134 cm³/mol. The Kier molecular flexibility index (Phi) is 7.70. The van der Waals surface area contributed by atoms with Gasteiger partial charge in [-0.2, -0.15) is 13.2 Å². The Balaban J connectivity index is 2.02. The summed E-state index contributed by atoms with van der Waals surface area (Å²) in [5.41, 5.74) is -2.02. The number of hydrogen-bond donors (Lipinski definition) is 0. The second-order valence-electron chi connectivity index (χ2n) is 7.75. The van der Waals surface area contributed by atoms with Crippen LogP contribution in [-0.4, -0.2) is 29.9 Å². The largest absolute Gasteiger partial charge is 0.489 e. The fourth-order valence-electron chi connectivity index (χ4n) is 3.82. The van der Waals surface area contributed by atoms with Gasteiger partial charge < -0.3 is 9.47 Å². The van der Waals surface area contributed by atoms with Crippen molar-refractivity contribution < 1.29 is 27.4 Å². The summed E-state index contributed by atoms with van der Waals surface area (Å²) in [4.78, 5) is 30.0. The molecule has 1 aromatic heterocycles. The molecule has 37 heavy (non-hydrogen) atoms. The van der Waals surface area contributed by atoms with Crippen molar-refractivity contribution in [3.05, 3.63) is 108 Å². The van der Waals surface area contributed by atoms with Gasteiger partial charge in [0.2, 0.25) is 0 Å². The van der Waals surface area contributed by atoms with Crippen molar-refractivity contribution in [3.8, 4) is 5.75 Å². The van der Waals surface area contributed by atoms with E-state index in [2.05, 4.69) is 11.6 Å². The molecule has 6 nitrogen and oxygen atoms in total. The van der Waals surface area contributed by atoms with Gasteiger partial charge in [-0.15, -0.1) is 0 Å². The van der Waals surface area contributed by atoms with Crippen LogP contribution in [0.5, 0.6) is 5.75 Å². The third kappa shape index (κ3) is 5.40. The lowest BCUT2D eigenvalue weighted by atomic mass is 9.95. The number of nitrogens with zero attached hydrogens (tertiary/aromatic N) is 2. The number of carbonyl (C=O) groups is 1. The number of aromatic nitrogens is 1. The predicted octanol–water partition coefficient (Wildman–Crippen LogP) is 4.56. The quantitative estimate of drug-likeness (QED) is 0.321. The maximum absolute atomic E-state index is 14.2. The smallest absolute Gasteiger partial charge is 0.434 e. The Bertz CT molecular complexity index is 1560. The van der Waals surface area contributed by atoms with E-state index in [1.165, 1.54) is 37.3 Å². The number of alkyl halides is 3. The zero-order chi connectivity index (χ0) is 26.7. The molecule has 3 aromatic rings. The van der Waals surface area contributed by atoms with Crippen molar-refractivity contribution in [1.29, 1.82) is 0 Å². The minimum absolute atomic E-state index is 0.110. The first-order chi connectivity index (χ1) is 17.7. The highest BCUT2D eigenvalue weighted by Gasteiger charge is 2.45. The van der Waals surface area contributed by atoms with Gasteiger partial charge in [0.05, 0.1) is 22.8 Å². The van der Waals surface area contributed by atoms with Crippen LogP contribution in [-0.2, 0) is 9.53 Å². The van der Waals surface area contributed by atoms with Crippen molar-refractivity contribution in [1.82, 2.24) is 4.57 Å². The summed E-state index contributed by atoms with van der Waals surface area (Å²) in [7, 11) is 0. The maximum atomic E-state index is 14.2. The van der Waals surface area contributed by atoms with Crippen molar-refractivity contribution in [3.63, 3.8) is 0 Å². The minimum atomic E-state index is -4.98. The van der Waals surface area contributed by atoms with Crippen LogP contribution in [0.2, 0.25) is 5.02 Å². The SMILES string of the molecule is C=CCOc1ccccc1/C=c1/sc2n(c1=O)[C@H](c1ccc(Cl)cc1)C(C(=O)OCC)=C(C(F)(F)F)N=2. The molecule has 2 heterocycles. The van der Waals surface area contributed by atoms with Gasteiger partial charge in [0.1, 0.15) is 12.4 Å². The number of thiazole rings is 1. The molecule has 1 aliphatic heterocycles. The Hall–Kier alpha value is -3.63. The van der Waals surface area contributed by atoms with Crippen LogP contribution < -0.4 is 19.6 Å². The molecule has 0 saturated carbocycles. The van der Waals surface area contributed by atoms with E-state index >= 15 is 0 Å². The highest BCUT2D eigenvalue weighted by molar-refractivity contribution is 7.07. The molecule has 0 N–H and O–H groups in total. The van der Waals surface area contributed by atoms with Gasteiger partial charge in [0.15, 0.2) is 10.5 Å². The standard InChI is InChI=1S/C26H20ClF3N2O4S/c1-3-13-36-18-8-6-5-7-16(18)14-19-23(33)32-21(15-9-11-17(27)12-10-15)20(24(34)35-4-2)22(26(28,29)30)31-25(32)37-19/h3,5-12,14,21H,1,4,13H2,2H3/b19-14+/t21-/m1/s1. The van der Waals surface area contributed by atoms with Gasteiger partial charge in [-0.3, -0.25) is 9.36 Å². The molecule has 4 rings (SSSR count). The molecular formula is C26H20ClF3N2O4S. The molecule has 2 aromatic carbocycles. The first-order valence-electron chi connectivity index (χ1n) is 11.0. The molecule has 0 spiro atoms. The monoisotopic (exact) mass is 548 g/mol. The van der Waals surface area contributed by atoms with Gasteiger partial charge in [-0.05, 0) is 36.8 Å². The van der Waals surface area contributed by atoms with Crippen LogP contribution in [0.1, 0.15) is 24.1 Å². The van der Waals surface area contributed by atoms with E-state index in [-0.39, 0.29) is 28.1 Å². The lowest BCUT2D eigenvalue weighted by Gasteiger charge is -2.26. The van der Waals surface area contributed by atoms with Gasteiger partial charge in [-0.1, -0.05) is 65.9 Å². The molecule has 0 bridgehead atoms. The fraction of sp³-hybridized carbons (Fsp3) is 0.192. The number of para-hydroxylation sites is 1. The van der Waals surface area contributed by atoms with Crippen LogP contribution in [0.3, 0.4) is 0 Å². The van der Waals surface area contributed by atoms with Gasteiger partial charge in [-0.25, -0.2) is 9.79 Å². The highest BCUT2D eigenvalue weighted by atomic mass is 35.5. The van der Waals surface area contributed by atoms with Gasteiger partial charge in [0, 0.05) is 10.6 Å². The van der Waals surface area contributed by atoms with Crippen LogP contribution >= 0.6 is 22.9 Å². The number of carbonyl (C=O) groups excluding carboxylic acids is 1. The van der Waals surface area contributed by atoms with E-state index in [1.807, 2.05) is 0 Å². The van der Waals surface area contributed by atoms with Crippen molar-refractivity contribution in [2.24, 2.45) is 4.99 Å². The van der Waals surface area contributed by atoms with Crippen molar-refractivity contribution >= 4 is 35.0 Å². The minimum Gasteiger partial charge on any atom is -0.489 e. The number of ether oxygens (including phenoxy) is 2. The average molecular weight is 549 g/mol. The fourth-order valence-corrected chi connectivity index (χ4v) is 4.94. The average Bonchev–Trinajstić information content (AvgIpc) is 3.17. The lowest BCUT2D eigenvalue weighted by Crippen LogP contribution is -2.41. The van der Waals surface area contributed by atoms with Crippen molar-refractivity contribution in [2.75, 3.05) is 13.2 Å². The van der Waals surface area contributed by atoms with E-state index in [0.29, 0.717) is 16.3 Å². The summed E-state index contributed by atoms with van der Waals surface area (Å²) in [6.45, 7) is 5.15. The number of allylic oxidation sites excluding steroid dienone is 1. The normalized spacial score (nSPS) is 15.7. The third-order valence-electron chi connectivity index (χ3n) is 5.34. The first kappa shape index (κ1) is 26.4. The molecule has 11 heteroatoms. The third-order valence-corrected chi connectivity index (χ3v) is 6.58. The Labute approximate surface area is 218 Å². The highest BCUT2D eigenvalue weighted by Crippen LogP contribution is 2.38. The van der Waals surface area contributed by atoms with Crippen LogP contribution in [0.15, 0.2) is 82.2 Å². The van der Waals surface area contributed by atoms with E-state index < -0.39 is 35.0 Å². The first-order valence-corrected chi connectivity index (χ1v) is 12.2. The van der Waals surface area contributed by atoms with Gasteiger partial charge in [0.25, 0.3) is 5.56 Å². The Morgan fingerprint density at radius 2 is 1.92 bits per heavy atom. The number of rotatable bonds is 7. The van der Waals surface area contributed by atoms with Crippen LogP contribution in [0, 0.1) is 0 Å². The number of esters is 1. The molecule has 0 unspecified atom stereocenters. The molecule has 0 amide bonds. The summed E-state index contributed by atoms with van der Waals surface area (Å²) < 4.78 is 54.3. The van der Waals surface area contributed by atoms with Gasteiger partial charge >= 0.3 is 12.1 Å². The topological polar surface area (TPSA) is 69.9 Å². The molecule has 1 aliphatic rings. The number of fused-ring (bicyclic) bond motifs is 1. The zero-order valence-corrected chi connectivity index (χ0v) is 21.0. The molecule has 192 valence electrons. The second-order valence-corrected chi connectivity index (χ2v) is 9.20. The number of hydrogen-bond acceptors (Lipinski definition) is 6. The molecule has 0 radical (unpaired) electrons. The molecule has 0 aliphatic carbocycles. The zero-order valence-electron chi connectivity index (χ0n) is 19.4. The summed E-state index contributed by atoms with van der Waals surface area (Å²) >= 11 is 6.76. The molecule has 0 fully saturated rings. The summed E-state index contributed by atoms with van der Waals surface area (Å²) in [6.07, 6.45) is -1.90. The van der Waals surface area contributed by atoms with Crippen molar-refractivity contribution in [2.45, 2.75) is 19.1 Å². The van der Waals surface area contributed by atoms with Crippen LogP contribution in [0.25, 0.3) is 6.08 Å². The van der Waals surface area contributed by atoms with E-state index in [4.69, 9.17) is 21.1 Å². The number of benzene rings is 2. The van der Waals surface area contributed by atoms with Crippen LogP contribution in [0.4, 0.5) is 13.2 Å². The summed E-state index contributed by atoms with van der Waals surface area (Å²) in [5.74, 6) is -0.748. The summed E-state index contributed by atoms with van der Waals surface area (Å²) in [5, 5.41) is 0.338. The van der Waals surface area contributed by atoms with E-state index in [1.54, 1.807) is 30.3 Å². The van der Waals surface area contributed by atoms with E-state index in [9.17, 15) is 22.8 Å². The maximum Gasteiger partial charge on any atom is 0.434 e. The number of halogens is 4. The molecular weight excluding hydrogens is 529 g/mol. The molecule has 0 saturated heterocycles. The second kappa shape index (κ2) is 10.8. The Morgan fingerprint density at radius 1 is 1.22 bits per heavy atom. The molecule has 1 atom stereocenters. The van der Waals surface area contributed by atoms with E-state index in [0.717, 1.165) is 15.9 Å².